The van der Waals surface area contributed by atoms with Crippen molar-refractivity contribution in [2.45, 2.75) is 19.4 Å². The lowest BCUT2D eigenvalue weighted by atomic mass is 10.0. The van der Waals surface area contributed by atoms with Crippen LogP contribution in [0.25, 0.3) is 0 Å². The molecule has 102 valence electrons. The highest BCUT2D eigenvalue weighted by Gasteiger charge is 2.18. The van der Waals surface area contributed by atoms with E-state index in [2.05, 4.69) is 21.0 Å². The first-order valence-electron chi connectivity index (χ1n) is 5.78. The summed E-state index contributed by atoms with van der Waals surface area (Å²) in [6.07, 6.45) is 0.0794. The van der Waals surface area contributed by atoms with E-state index in [1.165, 1.54) is 12.1 Å². The van der Waals surface area contributed by atoms with Gasteiger partial charge in [-0.15, -0.1) is 0 Å². The number of benzene rings is 1. The molecule has 19 heavy (non-hydrogen) atoms. The Labute approximate surface area is 118 Å². The van der Waals surface area contributed by atoms with Gasteiger partial charge in [0.1, 0.15) is 11.6 Å². The van der Waals surface area contributed by atoms with Crippen LogP contribution in [0.2, 0.25) is 0 Å². The van der Waals surface area contributed by atoms with Crippen LogP contribution in [0.1, 0.15) is 23.0 Å². The maximum Gasteiger partial charge on any atom is 0.143 e. The summed E-state index contributed by atoms with van der Waals surface area (Å²) in [6.45, 7) is 1.84. The molecule has 1 atom stereocenters. The van der Waals surface area contributed by atoms with Gasteiger partial charge in [0.15, 0.2) is 0 Å². The molecule has 1 unspecified atom stereocenters. The van der Waals surface area contributed by atoms with Crippen molar-refractivity contribution in [2.75, 3.05) is 0 Å². The van der Waals surface area contributed by atoms with Gasteiger partial charge in [-0.25, -0.2) is 8.78 Å². The van der Waals surface area contributed by atoms with Gasteiger partial charge in [-0.2, -0.15) is 5.10 Å². The van der Waals surface area contributed by atoms with E-state index in [0.717, 1.165) is 11.4 Å². The van der Waals surface area contributed by atoms with E-state index in [0.29, 0.717) is 0 Å². The molecule has 0 amide bonds. The van der Waals surface area contributed by atoms with Gasteiger partial charge in [0.2, 0.25) is 0 Å². The molecule has 3 nitrogen and oxygen atoms in total. The molecule has 0 radical (unpaired) electrons. The Kier molecular flexibility index (Phi) is 4.01. The standard InChI is InChI=1S/C13H14BrF2N3/c1-7-5-12(19(2)18-7)11(17)6-8-10(15)4-3-9(14)13(8)16/h3-5,11H,6,17H2,1-2H3. The Morgan fingerprint density at radius 3 is 2.68 bits per heavy atom. The van der Waals surface area contributed by atoms with Crippen LogP contribution in [-0.2, 0) is 13.5 Å². The fraction of sp³-hybridized carbons (Fsp3) is 0.308. The third-order valence-electron chi connectivity index (χ3n) is 2.98. The molecule has 0 aliphatic rings. The molecule has 2 rings (SSSR count). The number of nitrogens with two attached hydrogens (primary N) is 1. The quantitative estimate of drug-likeness (QED) is 0.880. The lowest BCUT2D eigenvalue weighted by Gasteiger charge is -2.13. The van der Waals surface area contributed by atoms with Crippen molar-refractivity contribution < 1.29 is 8.78 Å². The highest BCUT2D eigenvalue weighted by Crippen LogP contribution is 2.25. The van der Waals surface area contributed by atoms with Gasteiger partial charge in [-0.1, -0.05) is 0 Å². The van der Waals surface area contributed by atoms with Crippen molar-refractivity contribution in [3.8, 4) is 0 Å². The minimum atomic E-state index is -0.602. The molecule has 1 heterocycles. The molecule has 0 saturated heterocycles. The van der Waals surface area contributed by atoms with Gasteiger partial charge in [-0.3, -0.25) is 4.68 Å². The van der Waals surface area contributed by atoms with Gasteiger partial charge >= 0.3 is 0 Å². The summed E-state index contributed by atoms with van der Waals surface area (Å²) >= 11 is 3.04. The van der Waals surface area contributed by atoms with Crippen molar-refractivity contribution in [1.29, 1.82) is 0 Å². The Balaban J connectivity index is 2.31. The Bertz CT molecular complexity index is 610. The molecule has 0 aliphatic heterocycles. The normalized spacial score (nSPS) is 12.7. The summed E-state index contributed by atoms with van der Waals surface area (Å²) in [5.41, 5.74) is 7.58. The highest BCUT2D eigenvalue weighted by molar-refractivity contribution is 9.10. The van der Waals surface area contributed by atoms with E-state index in [-0.39, 0.29) is 16.5 Å². The lowest BCUT2D eigenvalue weighted by molar-refractivity contribution is 0.526. The SMILES string of the molecule is Cc1cc(C(N)Cc2c(F)ccc(Br)c2F)n(C)n1. The van der Waals surface area contributed by atoms with Crippen molar-refractivity contribution in [3.63, 3.8) is 0 Å². The molecule has 1 aromatic heterocycles. The first kappa shape index (κ1) is 14.1. The smallest absolute Gasteiger partial charge is 0.143 e. The molecule has 0 fully saturated rings. The van der Waals surface area contributed by atoms with Gasteiger partial charge in [0.25, 0.3) is 0 Å². The molecule has 0 bridgehead atoms. The summed E-state index contributed by atoms with van der Waals surface area (Å²) in [4.78, 5) is 0. The van der Waals surface area contributed by atoms with Crippen LogP contribution in [0.5, 0.6) is 0 Å². The van der Waals surface area contributed by atoms with Crippen LogP contribution in [-0.4, -0.2) is 9.78 Å². The number of halogens is 3. The van der Waals surface area contributed by atoms with Crippen molar-refractivity contribution in [1.82, 2.24) is 9.78 Å². The largest absolute Gasteiger partial charge is 0.322 e. The monoisotopic (exact) mass is 329 g/mol. The molecular weight excluding hydrogens is 316 g/mol. The van der Waals surface area contributed by atoms with Crippen molar-refractivity contribution in [2.24, 2.45) is 12.8 Å². The zero-order chi connectivity index (χ0) is 14.2. The summed E-state index contributed by atoms with van der Waals surface area (Å²) in [5.74, 6) is -1.19. The van der Waals surface area contributed by atoms with Gasteiger partial charge in [-0.05, 0) is 47.5 Å². The van der Waals surface area contributed by atoms with Crippen LogP contribution in [0, 0.1) is 18.6 Å². The van der Waals surface area contributed by atoms with E-state index in [1.54, 1.807) is 11.7 Å². The predicted molar refractivity (Wildman–Crippen MR) is 72.6 cm³/mol. The molecule has 6 heteroatoms. The second-order valence-electron chi connectivity index (χ2n) is 4.47. The number of rotatable bonds is 3. The van der Waals surface area contributed by atoms with Gasteiger partial charge < -0.3 is 5.73 Å². The summed E-state index contributed by atoms with van der Waals surface area (Å²) < 4.78 is 29.4. The zero-order valence-corrected chi connectivity index (χ0v) is 12.2. The van der Waals surface area contributed by atoms with Gasteiger partial charge in [0, 0.05) is 12.6 Å². The van der Waals surface area contributed by atoms with Crippen LogP contribution in [0.3, 0.4) is 0 Å². The fourth-order valence-corrected chi connectivity index (χ4v) is 2.43. The van der Waals surface area contributed by atoms with Crippen LogP contribution in [0.4, 0.5) is 8.78 Å². The average molecular weight is 330 g/mol. The second-order valence-corrected chi connectivity index (χ2v) is 5.32. The third kappa shape index (κ3) is 2.84. The summed E-state index contributed by atoms with van der Waals surface area (Å²) in [6, 6.07) is 3.88. The third-order valence-corrected chi connectivity index (χ3v) is 3.59. The predicted octanol–water partition coefficient (Wildman–Crippen LogP) is 3.01. The fourth-order valence-electron chi connectivity index (χ4n) is 2.06. The first-order chi connectivity index (χ1) is 8.90. The maximum atomic E-state index is 13.9. The molecule has 0 spiro atoms. The zero-order valence-electron chi connectivity index (χ0n) is 10.6. The van der Waals surface area contributed by atoms with Crippen molar-refractivity contribution >= 4 is 15.9 Å². The van der Waals surface area contributed by atoms with E-state index in [9.17, 15) is 8.78 Å². The molecular formula is C13H14BrF2N3. The first-order valence-corrected chi connectivity index (χ1v) is 6.58. The van der Waals surface area contributed by atoms with Crippen molar-refractivity contribution in [3.05, 3.63) is 51.3 Å². The van der Waals surface area contributed by atoms with Crippen LogP contribution < -0.4 is 5.73 Å². The molecule has 1 aromatic carbocycles. The lowest BCUT2D eigenvalue weighted by Crippen LogP contribution is -2.18. The molecule has 0 saturated carbocycles. The molecule has 2 aromatic rings. The Hall–Kier alpha value is -1.27. The van der Waals surface area contributed by atoms with E-state index < -0.39 is 17.7 Å². The van der Waals surface area contributed by atoms with Crippen LogP contribution >= 0.6 is 15.9 Å². The topological polar surface area (TPSA) is 43.8 Å². The second kappa shape index (κ2) is 5.38. The number of aryl methyl sites for hydroxylation is 2. The van der Waals surface area contributed by atoms with Crippen LogP contribution in [0.15, 0.2) is 22.7 Å². The average Bonchev–Trinajstić information content (AvgIpc) is 2.69. The molecule has 2 N–H and O–H groups in total. The highest BCUT2D eigenvalue weighted by atomic mass is 79.9. The van der Waals surface area contributed by atoms with E-state index >= 15 is 0 Å². The molecule has 0 aliphatic carbocycles. The number of hydrogen-bond acceptors (Lipinski definition) is 2. The summed E-state index contributed by atoms with van der Waals surface area (Å²) in [5, 5.41) is 4.18. The number of aromatic nitrogens is 2. The van der Waals surface area contributed by atoms with E-state index in [4.69, 9.17) is 5.73 Å². The Morgan fingerprint density at radius 1 is 1.42 bits per heavy atom. The number of hydrogen-bond donors (Lipinski definition) is 1. The van der Waals surface area contributed by atoms with E-state index in [1.807, 2.05) is 13.0 Å². The van der Waals surface area contributed by atoms with Gasteiger partial charge in [0.05, 0.1) is 21.9 Å². The summed E-state index contributed by atoms with van der Waals surface area (Å²) in [7, 11) is 1.76. The Morgan fingerprint density at radius 2 is 2.11 bits per heavy atom. The minimum absolute atomic E-state index is 0.0132. The maximum absolute atomic E-state index is 13.9. The number of nitrogens with zero attached hydrogens (tertiary/aromatic N) is 2. The minimum Gasteiger partial charge on any atom is -0.322 e.